The molecule has 1 heterocycles. The normalized spacial score (nSPS) is 10.6. The van der Waals surface area contributed by atoms with Crippen molar-refractivity contribution in [3.63, 3.8) is 0 Å². The Bertz CT molecular complexity index is 832. The second-order valence-corrected chi connectivity index (χ2v) is 5.58. The van der Waals surface area contributed by atoms with Crippen molar-refractivity contribution < 1.29 is 13.9 Å². The molecular weight excluding hydrogens is 303 g/mol. The van der Waals surface area contributed by atoms with Crippen LogP contribution in [0.3, 0.4) is 0 Å². The Morgan fingerprint density at radius 3 is 2.95 bits per heavy atom. The molecule has 1 aromatic heterocycles. The van der Waals surface area contributed by atoms with Gasteiger partial charge in [0.2, 0.25) is 0 Å². The predicted molar refractivity (Wildman–Crippen MR) is 85.1 cm³/mol. The van der Waals surface area contributed by atoms with E-state index in [1.165, 1.54) is 29.5 Å². The molecule has 0 radical (unpaired) electrons. The molecule has 0 unspecified atom stereocenters. The van der Waals surface area contributed by atoms with Gasteiger partial charge in [-0.25, -0.2) is 9.37 Å². The van der Waals surface area contributed by atoms with Crippen LogP contribution in [-0.4, -0.2) is 17.5 Å². The summed E-state index contributed by atoms with van der Waals surface area (Å²) in [5.41, 5.74) is 1.04. The zero-order valence-electron chi connectivity index (χ0n) is 11.8. The van der Waals surface area contributed by atoms with Crippen molar-refractivity contribution >= 4 is 32.6 Å². The molecule has 0 aliphatic heterocycles. The highest BCUT2D eigenvalue weighted by Crippen LogP contribution is 2.29. The van der Waals surface area contributed by atoms with Crippen LogP contribution in [0.25, 0.3) is 10.2 Å². The largest absolute Gasteiger partial charge is 0.494 e. The summed E-state index contributed by atoms with van der Waals surface area (Å²) in [5.74, 6) is -0.0662. The van der Waals surface area contributed by atoms with Crippen molar-refractivity contribution in [3.05, 3.63) is 53.8 Å². The van der Waals surface area contributed by atoms with E-state index in [1.807, 2.05) is 25.1 Å². The quantitative estimate of drug-likeness (QED) is 0.789. The molecule has 2 aromatic carbocycles. The monoisotopic (exact) mass is 316 g/mol. The zero-order valence-corrected chi connectivity index (χ0v) is 12.6. The van der Waals surface area contributed by atoms with E-state index in [1.54, 1.807) is 6.07 Å². The Hall–Kier alpha value is -2.47. The summed E-state index contributed by atoms with van der Waals surface area (Å²) in [7, 11) is 0. The lowest BCUT2D eigenvalue weighted by molar-refractivity contribution is 0.102. The maximum absolute atomic E-state index is 13.1. The molecule has 4 nitrogen and oxygen atoms in total. The number of carbonyl (C=O) groups excluding carboxylic acids is 1. The molecule has 0 saturated carbocycles. The number of aromatic nitrogens is 1. The second-order valence-electron chi connectivity index (χ2n) is 4.55. The molecule has 0 fully saturated rings. The number of fused-ring (bicyclic) bond motifs is 1. The van der Waals surface area contributed by atoms with Crippen LogP contribution in [-0.2, 0) is 0 Å². The maximum atomic E-state index is 13.1. The predicted octanol–water partition coefficient (Wildman–Crippen LogP) is 4.09. The van der Waals surface area contributed by atoms with E-state index >= 15 is 0 Å². The standard InChI is InChI=1S/C16H13FN2O2S/c1-2-21-12-6-7-13-14(9-12)22-16(18-13)19-15(20)10-4-3-5-11(17)8-10/h3-9H,2H2,1H3,(H,18,19,20). The average Bonchev–Trinajstić information content (AvgIpc) is 2.89. The number of ether oxygens (including phenoxy) is 1. The zero-order chi connectivity index (χ0) is 15.5. The van der Waals surface area contributed by atoms with E-state index in [4.69, 9.17) is 4.74 Å². The van der Waals surface area contributed by atoms with Gasteiger partial charge in [-0.2, -0.15) is 0 Å². The molecule has 3 rings (SSSR count). The first-order valence-corrected chi connectivity index (χ1v) is 7.57. The van der Waals surface area contributed by atoms with E-state index in [0.717, 1.165) is 16.0 Å². The summed E-state index contributed by atoms with van der Waals surface area (Å²) < 4.78 is 19.5. The fourth-order valence-electron chi connectivity index (χ4n) is 2.01. The van der Waals surface area contributed by atoms with Crippen LogP contribution in [0.15, 0.2) is 42.5 Å². The van der Waals surface area contributed by atoms with Crippen LogP contribution in [0, 0.1) is 5.82 Å². The van der Waals surface area contributed by atoms with E-state index in [-0.39, 0.29) is 11.5 Å². The highest BCUT2D eigenvalue weighted by molar-refractivity contribution is 7.22. The van der Waals surface area contributed by atoms with Gasteiger partial charge in [-0.3, -0.25) is 10.1 Å². The van der Waals surface area contributed by atoms with Gasteiger partial charge in [-0.05, 0) is 43.3 Å². The number of benzene rings is 2. The second kappa shape index (κ2) is 6.11. The van der Waals surface area contributed by atoms with Crippen LogP contribution in [0.5, 0.6) is 5.75 Å². The van der Waals surface area contributed by atoms with E-state index < -0.39 is 5.82 Å². The number of halogens is 1. The Morgan fingerprint density at radius 1 is 1.32 bits per heavy atom. The summed E-state index contributed by atoms with van der Waals surface area (Å²) in [6.07, 6.45) is 0. The Balaban J connectivity index is 1.83. The molecule has 112 valence electrons. The topological polar surface area (TPSA) is 51.2 Å². The van der Waals surface area contributed by atoms with Crippen LogP contribution in [0.2, 0.25) is 0 Å². The van der Waals surface area contributed by atoms with Crippen molar-refractivity contribution in [1.29, 1.82) is 0 Å². The fraction of sp³-hybridized carbons (Fsp3) is 0.125. The minimum absolute atomic E-state index is 0.259. The molecule has 0 aliphatic carbocycles. The van der Waals surface area contributed by atoms with Crippen LogP contribution >= 0.6 is 11.3 Å². The summed E-state index contributed by atoms with van der Waals surface area (Å²) in [6.45, 7) is 2.51. The number of hydrogen-bond donors (Lipinski definition) is 1. The van der Waals surface area contributed by atoms with Crippen molar-refractivity contribution in [1.82, 2.24) is 4.98 Å². The minimum Gasteiger partial charge on any atom is -0.494 e. The first-order valence-electron chi connectivity index (χ1n) is 6.76. The van der Waals surface area contributed by atoms with Gasteiger partial charge in [-0.15, -0.1) is 0 Å². The summed E-state index contributed by atoms with van der Waals surface area (Å²) in [4.78, 5) is 16.4. The SMILES string of the molecule is CCOc1ccc2nc(NC(=O)c3cccc(F)c3)sc2c1. The van der Waals surface area contributed by atoms with Crippen LogP contribution < -0.4 is 10.1 Å². The third-order valence-corrected chi connectivity index (χ3v) is 3.91. The van der Waals surface area contributed by atoms with Crippen molar-refractivity contribution in [2.24, 2.45) is 0 Å². The molecule has 0 aliphatic rings. The molecule has 0 bridgehead atoms. The lowest BCUT2D eigenvalue weighted by atomic mass is 10.2. The van der Waals surface area contributed by atoms with Crippen LogP contribution in [0.4, 0.5) is 9.52 Å². The number of nitrogens with zero attached hydrogens (tertiary/aromatic N) is 1. The Labute approximate surface area is 130 Å². The summed E-state index contributed by atoms with van der Waals surface area (Å²) in [5, 5.41) is 3.16. The average molecular weight is 316 g/mol. The van der Waals surface area contributed by atoms with Crippen LogP contribution in [0.1, 0.15) is 17.3 Å². The maximum Gasteiger partial charge on any atom is 0.257 e. The van der Waals surface area contributed by atoms with Gasteiger partial charge in [0.15, 0.2) is 5.13 Å². The number of rotatable bonds is 4. The number of hydrogen-bond acceptors (Lipinski definition) is 4. The molecule has 0 spiro atoms. The molecule has 3 aromatic rings. The Kier molecular flexibility index (Phi) is 4.02. The molecular formula is C16H13FN2O2S. The number of anilines is 1. The first-order chi connectivity index (χ1) is 10.7. The van der Waals surface area contributed by atoms with Crippen molar-refractivity contribution in [2.45, 2.75) is 6.92 Å². The van der Waals surface area contributed by atoms with Gasteiger partial charge in [0, 0.05) is 5.56 Å². The molecule has 0 atom stereocenters. The van der Waals surface area contributed by atoms with Gasteiger partial charge in [-0.1, -0.05) is 17.4 Å². The lowest BCUT2D eigenvalue weighted by Crippen LogP contribution is -2.11. The summed E-state index contributed by atoms with van der Waals surface area (Å²) >= 11 is 1.35. The fourth-order valence-corrected chi connectivity index (χ4v) is 2.90. The number of thiazole rings is 1. The minimum atomic E-state index is -0.446. The Morgan fingerprint density at radius 2 is 2.18 bits per heavy atom. The van der Waals surface area contributed by atoms with E-state index in [2.05, 4.69) is 10.3 Å². The molecule has 1 N–H and O–H groups in total. The number of amides is 1. The molecule has 0 saturated heterocycles. The number of nitrogens with one attached hydrogen (secondary N) is 1. The van der Waals surface area contributed by atoms with Gasteiger partial charge in [0.05, 0.1) is 16.8 Å². The first kappa shape index (κ1) is 14.5. The highest BCUT2D eigenvalue weighted by atomic mass is 32.1. The summed E-state index contributed by atoms with van der Waals surface area (Å²) in [6, 6.07) is 11.1. The van der Waals surface area contributed by atoms with E-state index in [0.29, 0.717) is 11.7 Å². The lowest BCUT2D eigenvalue weighted by Gasteiger charge is -2.01. The van der Waals surface area contributed by atoms with Gasteiger partial charge in [0.1, 0.15) is 11.6 Å². The molecule has 1 amide bonds. The number of carbonyl (C=O) groups is 1. The van der Waals surface area contributed by atoms with Crippen molar-refractivity contribution in [3.8, 4) is 5.75 Å². The highest BCUT2D eigenvalue weighted by Gasteiger charge is 2.11. The smallest absolute Gasteiger partial charge is 0.257 e. The molecule has 22 heavy (non-hydrogen) atoms. The molecule has 6 heteroatoms. The van der Waals surface area contributed by atoms with Gasteiger partial charge in [0.25, 0.3) is 5.91 Å². The van der Waals surface area contributed by atoms with Gasteiger partial charge < -0.3 is 4.74 Å². The van der Waals surface area contributed by atoms with Crippen molar-refractivity contribution in [2.75, 3.05) is 11.9 Å². The third-order valence-electron chi connectivity index (χ3n) is 2.98. The van der Waals surface area contributed by atoms with E-state index in [9.17, 15) is 9.18 Å². The van der Waals surface area contributed by atoms with Gasteiger partial charge >= 0.3 is 0 Å². The third kappa shape index (κ3) is 3.07.